The Labute approximate surface area is 173 Å². The second-order valence-corrected chi connectivity index (χ2v) is 7.34. The zero-order valence-electron chi connectivity index (χ0n) is 16.2. The van der Waals surface area contributed by atoms with Crippen LogP contribution in [0.3, 0.4) is 0 Å². The fourth-order valence-electron chi connectivity index (χ4n) is 4.37. The van der Waals surface area contributed by atoms with Gasteiger partial charge < -0.3 is 10.3 Å². The van der Waals surface area contributed by atoms with Crippen molar-refractivity contribution in [1.29, 1.82) is 0 Å². The molecule has 0 saturated heterocycles. The lowest BCUT2D eigenvalue weighted by Gasteiger charge is -2.10. The van der Waals surface area contributed by atoms with E-state index in [1.165, 1.54) is 10.8 Å². The predicted molar refractivity (Wildman–Crippen MR) is 124 cm³/mol. The topological polar surface area (TPSA) is 56.7 Å². The van der Waals surface area contributed by atoms with E-state index in [1.54, 1.807) is 0 Å². The van der Waals surface area contributed by atoms with Crippen LogP contribution >= 0.6 is 0 Å². The number of para-hydroxylation sites is 3. The molecule has 6 rings (SSSR count). The van der Waals surface area contributed by atoms with E-state index < -0.39 is 0 Å². The maximum Gasteiger partial charge on any atom is 0.221 e. The molecule has 0 fully saturated rings. The molecule has 0 atom stereocenters. The molecule has 0 radical (unpaired) electrons. The van der Waals surface area contributed by atoms with Crippen LogP contribution in [-0.4, -0.2) is 14.5 Å². The molecule has 0 unspecified atom stereocenters. The second kappa shape index (κ2) is 6.42. The fraction of sp³-hybridized carbons (Fsp3) is 0. The first-order chi connectivity index (χ1) is 14.8. The van der Waals surface area contributed by atoms with E-state index >= 15 is 0 Å². The Morgan fingerprint density at radius 1 is 0.600 bits per heavy atom. The molecule has 4 aromatic carbocycles. The Hall–Kier alpha value is -4.18. The molecule has 2 N–H and O–H groups in total. The highest BCUT2D eigenvalue weighted by molar-refractivity contribution is 6.17. The van der Waals surface area contributed by atoms with Gasteiger partial charge in [-0.25, -0.2) is 9.97 Å². The van der Waals surface area contributed by atoms with Gasteiger partial charge in [0.25, 0.3) is 0 Å². The molecule has 4 heteroatoms. The first-order valence-electron chi connectivity index (χ1n) is 9.91. The molecule has 0 aliphatic heterocycles. The highest BCUT2D eigenvalue weighted by Gasteiger charge is 2.18. The van der Waals surface area contributed by atoms with E-state index in [0.717, 1.165) is 38.9 Å². The van der Waals surface area contributed by atoms with Crippen LogP contribution in [0.4, 0.5) is 5.95 Å². The van der Waals surface area contributed by atoms with Gasteiger partial charge in [-0.3, -0.25) is 0 Å². The fourth-order valence-corrected chi connectivity index (χ4v) is 4.37. The molecular formula is C26H18N4. The molecule has 6 aromatic rings. The number of hydrogen-bond acceptors (Lipinski definition) is 3. The number of rotatable bonds is 2. The summed E-state index contributed by atoms with van der Waals surface area (Å²) < 4.78 is 2.31. The summed E-state index contributed by atoms with van der Waals surface area (Å²) in [6, 6.07) is 33.3. The zero-order valence-corrected chi connectivity index (χ0v) is 16.2. The van der Waals surface area contributed by atoms with E-state index in [0.29, 0.717) is 0 Å². The molecule has 0 bridgehead atoms. The van der Waals surface area contributed by atoms with E-state index in [1.807, 2.05) is 24.3 Å². The highest BCUT2D eigenvalue weighted by Crippen LogP contribution is 2.39. The van der Waals surface area contributed by atoms with Crippen molar-refractivity contribution in [3.05, 3.63) is 97.1 Å². The average molecular weight is 386 g/mol. The molecule has 2 aromatic heterocycles. The highest BCUT2D eigenvalue weighted by atomic mass is 15.0. The van der Waals surface area contributed by atoms with E-state index in [-0.39, 0.29) is 5.95 Å². The molecular weight excluding hydrogens is 368 g/mol. The van der Waals surface area contributed by atoms with Crippen molar-refractivity contribution in [3.8, 4) is 16.9 Å². The lowest BCUT2D eigenvalue weighted by Crippen LogP contribution is -1.98. The molecule has 0 aliphatic rings. The summed E-state index contributed by atoms with van der Waals surface area (Å²) in [6.07, 6.45) is 0. The summed E-state index contributed by atoms with van der Waals surface area (Å²) in [5.74, 6) is 0.285. The molecule has 4 nitrogen and oxygen atoms in total. The maximum atomic E-state index is 6.09. The smallest absolute Gasteiger partial charge is 0.221 e. The monoisotopic (exact) mass is 386 g/mol. The van der Waals surface area contributed by atoms with Crippen LogP contribution < -0.4 is 5.73 Å². The van der Waals surface area contributed by atoms with Crippen LogP contribution in [0.2, 0.25) is 0 Å². The molecule has 0 amide bonds. The van der Waals surface area contributed by atoms with Gasteiger partial charge in [0, 0.05) is 27.4 Å². The standard InChI is InChI=1S/C26H18N4/c27-26-28-21-14-6-4-11-18(21)25(29-26)20-13-8-16-23-24(20)19-12-5-7-15-22(19)30(23)17-9-2-1-3-10-17/h1-16H,(H2,27,28,29). The number of anilines is 1. The van der Waals surface area contributed by atoms with E-state index in [4.69, 9.17) is 5.73 Å². The Morgan fingerprint density at radius 3 is 2.17 bits per heavy atom. The maximum absolute atomic E-state index is 6.09. The van der Waals surface area contributed by atoms with Crippen molar-refractivity contribution in [2.24, 2.45) is 0 Å². The summed E-state index contributed by atoms with van der Waals surface area (Å²) in [5.41, 5.74) is 12.3. The summed E-state index contributed by atoms with van der Waals surface area (Å²) in [4.78, 5) is 9.09. The normalized spacial score (nSPS) is 11.5. The molecule has 0 spiro atoms. The van der Waals surface area contributed by atoms with Gasteiger partial charge in [0.05, 0.1) is 22.2 Å². The molecule has 2 heterocycles. The second-order valence-electron chi connectivity index (χ2n) is 7.34. The van der Waals surface area contributed by atoms with Gasteiger partial charge >= 0.3 is 0 Å². The number of fused-ring (bicyclic) bond motifs is 4. The average Bonchev–Trinajstić information content (AvgIpc) is 3.13. The lowest BCUT2D eigenvalue weighted by molar-refractivity contribution is 1.18. The third-order valence-electron chi connectivity index (χ3n) is 5.59. The van der Waals surface area contributed by atoms with Crippen LogP contribution in [-0.2, 0) is 0 Å². The first-order valence-corrected chi connectivity index (χ1v) is 9.91. The number of nitrogens with two attached hydrogens (primary N) is 1. The van der Waals surface area contributed by atoms with Gasteiger partial charge in [-0.2, -0.15) is 0 Å². The van der Waals surface area contributed by atoms with Crippen LogP contribution in [0, 0.1) is 0 Å². The van der Waals surface area contributed by atoms with Gasteiger partial charge in [0.1, 0.15) is 0 Å². The third-order valence-corrected chi connectivity index (χ3v) is 5.59. The van der Waals surface area contributed by atoms with Gasteiger partial charge in [0.2, 0.25) is 5.95 Å². The summed E-state index contributed by atoms with van der Waals surface area (Å²) in [7, 11) is 0. The van der Waals surface area contributed by atoms with Crippen molar-refractivity contribution >= 4 is 38.7 Å². The third kappa shape index (κ3) is 2.40. The Bertz CT molecular complexity index is 1550. The number of nitrogen functional groups attached to an aromatic ring is 1. The minimum Gasteiger partial charge on any atom is -0.368 e. The number of hydrogen-bond donors (Lipinski definition) is 1. The zero-order chi connectivity index (χ0) is 20.1. The molecule has 30 heavy (non-hydrogen) atoms. The van der Waals surface area contributed by atoms with E-state index in [2.05, 4.69) is 87.3 Å². The van der Waals surface area contributed by atoms with Gasteiger partial charge in [-0.05, 0) is 30.3 Å². The van der Waals surface area contributed by atoms with Crippen molar-refractivity contribution in [1.82, 2.24) is 14.5 Å². The molecule has 0 saturated carbocycles. The van der Waals surface area contributed by atoms with Gasteiger partial charge in [0.15, 0.2) is 0 Å². The van der Waals surface area contributed by atoms with E-state index in [9.17, 15) is 0 Å². The summed E-state index contributed by atoms with van der Waals surface area (Å²) in [6.45, 7) is 0. The summed E-state index contributed by atoms with van der Waals surface area (Å²) >= 11 is 0. The Balaban J connectivity index is 1.80. The van der Waals surface area contributed by atoms with Crippen molar-refractivity contribution < 1.29 is 0 Å². The molecule has 0 aliphatic carbocycles. The van der Waals surface area contributed by atoms with Crippen molar-refractivity contribution in [2.45, 2.75) is 0 Å². The lowest BCUT2D eigenvalue weighted by atomic mass is 10.0. The van der Waals surface area contributed by atoms with Crippen LogP contribution in [0.25, 0.3) is 49.7 Å². The van der Waals surface area contributed by atoms with Crippen LogP contribution in [0.5, 0.6) is 0 Å². The van der Waals surface area contributed by atoms with Crippen molar-refractivity contribution in [3.63, 3.8) is 0 Å². The Kier molecular flexibility index (Phi) is 3.59. The van der Waals surface area contributed by atoms with Crippen molar-refractivity contribution in [2.75, 3.05) is 5.73 Å². The number of nitrogens with zero attached hydrogens (tertiary/aromatic N) is 3. The van der Waals surface area contributed by atoms with Crippen LogP contribution in [0.15, 0.2) is 97.1 Å². The largest absolute Gasteiger partial charge is 0.368 e. The predicted octanol–water partition coefficient (Wildman–Crippen LogP) is 5.98. The van der Waals surface area contributed by atoms with Crippen LogP contribution in [0.1, 0.15) is 0 Å². The molecule has 142 valence electrons. The number of benzene rings is 4. The minimum atomic E-state index is 0.285. The SMILES string of the molecule is Nc1nc(-c2cccc3c2c2ccccc2n3-c2ccccc2)c2ccccc2n1. The summed E-state index contributed by atoms with van der Waals surface area (Å²) in [5, 5.41) is 3.35. The van der Waals surface area contributed by atoms with Gasteiger partial charge in [-0.15, -0.1) is 0 Å². The number of aromatic nitrogens is 3. The minimum absolute atomic E-state index is 0.285. The Morgan fingerprint density at radius 2 is 1.30 bits per heavy atom. The van der Waals surface area contributed by atoms with Gasteiger partial charge in [-0.1, -0.05) is 66.7 Å². The quantitative estimate of drug-likeness (QED) is 0.398. The first kappa shape index (κ1) is 16.7.